The monoisotopic (exact) mass is 273 g/mol. The average molecular weight is 273 g/mol. The van der Waals surface area contributed by atoms with E-state index in [1.165, 1.54) is 0 Å². The van der Waals surface area contributed by atoms with Crippen molar-refractivity contribution in [2.24, 2.45) is 10.8 Å². The van der Waals surface area contributed by atoms with Gasteiger partial charge in [0.15, 0.2) is 5.76 Å². The number of nitrogens with zero attached hydrogens (tertiary/aromatic N) is 2. The van der Waals surface area contributed by atoms with Crippen LogP contribution in [-0.4, -0.2) is 27.2 Å². The second-order valence-corrected chi connectivity index (χ2v) is 4.45. The highest BCUT2D eigenvalue weighted by molar-refractivity contribution is 5.88. The normalized spacial score (nSPS) is 13.5. The molecule has 5 heteroatoms. The van der Waals surface area contributed by atoms with E-state index in [0.29, 0.717) is 6.54 Å². The van der Waals surface area contributed by atoms with Gasteiger partial charge < -0.3 is 15.8 Å². The second kappa shape index (κ2) is 6.34. The number of aromatic nitrogens is 1. The number of nitrogens with one attached hydrogen (secondary N) is 1. The summed E-state index contributed by atoms with van der Waals surface area (Å²) in [6.45, 7) is 3.24. The molecule has 3 N–H and O–H groups in total. The third kappa shape index (κ3) is 2.58. The van der Waals surface area contributed by atoms with E-state index in [0.717, 1.165) is 34.2 Å². The molecule has 5 nitrogen and oxygen atoms in total. The lowest BCUT2D eigenvalue weighted by Crippen LogP contribution is -2.39. The molecule has 0 aliphatic heterocycles. The van der Waals surface area contributed by atoms with Gasteiger partial charge in [0.2, 0.25) is 5.52 Å². The van der Waals surface area contributed by atoms with Crippen LogP contribution in [0.25, 0.3) is 16.7 Å². The van der Waals surface area contributed by atoms with Gasteiger partial charge in [-0.15, -0.1) is 0 Å². The van der Waals surface area contributed by atoms with Gasteiger partial charge in [0.25, 0.3) is 5.35 Å². The molecule has 0 aliphatic carbocycles. The topological polar surface area (TPSA) is 65.5 Å². The van der Waals surface area contributed by atoms with E-state index in [1.54, 1.807) is 14.2 Å². The maximum atomic E-state index is 5.58. The number of pyridine rings is 1. The third-order valence-corrected chi connectivity index (χ3v) is 3.26. The Hall–Kier alpha value is -2.14. The minimum absolute atomic E-state index is 0.587. The summed E-state index contributed by atoms with van der Waals surface area (Å²) in [6.07, 6.45) is 0. The molecule has 0 saturated carbocycles. The van der Waals surface area contributed by atoms with Crippen LogP contribution in [0.1, 0.15) is 6.92 Å². The van der Waals surface area contributed by atoms with Crippen LogP contribution in [0.15, 0.2) is 35.4 Å². The molecule has 2 aromatic rings. The van der Waals surface area contributed by atoms with Gasteiger partial charge in [0, 0.05) is 32.1 Å². The minimum Gasteiger partial charge on any atom is -0.494 e. The fraction of sp³-hybridized carbons (Fsp3) is 0.333. The molecular formula is C15H21N4O+. The first-order chi connectivity index (χ1) is 9.72. The van der Waals surface area contributed by atoms with Crippen LogP contribution in [0.2, 0.25) is 0 Å². The Morgan fingerprint density at radius 2 is 2.15 bits per heavy atom. The standard InChI is InChI=1S/C15H21N4O/c1-11(20-3)15-10-13(18-9-8-16)12-6-4-5-7-14(12)19(15)17-2/h4-7,10,18H,8-9,16H2,1-3H3/q+1/b15-11+,19-17?. The van der Waals surface area contributed by atoms with E-state index < -0.39 is 0 Å². The van der Waals surface area contributed by atoms with Crippen molar-refractivity contribution in [3.8, 4) is 0 Å². The fourth-order valence-corrected chi connectivity index (χ4v) is 2.22. The van der Waals surface area contributed by atoms with Gasteiger partial charge in [-0.25, -0.2) is 0 Å². The number of hydrogen-bond acceptors (Lipinski definition) is 4. The van der Waals surface area contributed by atoms with Gasteiger partial charge in [-0.1, -0.05) is 12.1 Å². The molecule has 0 amide bonds. The van der Waals surface area contributed by atoms with E-state index >= 15 is 0 Å². The Bertz CT molecular complexity index is 724. The molecule has 1 aromatic carbocycles. The Labute approximate surface area is 118 Å². The first kappa shape index (κ1) is 14.3. The lowest BCUT2D eigenvalue weighted by Gasteiger charge is -2.06. The van der Waals surface area contributed by atoms with Crippen molar-refractivity contribution in [1.29, 1.82) is 0 Å². The number of benzene rings is 1. The number of fused-ring (bicyclic) bond motifs is 1. The summed E-state index contributed by atoms with van der Waals surface area (Å²) in [7, 11) is 3.43. The molecule has 0 radical (unpaired) electrons. The minimum atomic E-state index is 0.587. The molecular weight excluding hydrogens is 252 g/mol. The number of para-hydroxylation sites is 1. The SMILES string of the molecule is CN=[n+]1/c(=C(\C)OC)cc(NCCN)c2ccccc21. The predicted molar refractivity (Wildman–Crippen MR) is 81.2 cm³/mol. The Morgan fingerprint density at radius 3 is 2.80 bits per heavy atom. The molecule has 1 heterocycles. The van der Waals surface area contributed by atoms with Gasteiger partial charge in [0.05, 0.1) is 25.2 Å². The lowest BCUT2D eigenvalue weighted by atomic mass is 10.1. The largest absolute Gasteiger partial charge is 0.494 e. The van der Waals surface area contributed by atoms with E-state index in [1.807, 2.05) is 35.6 Å². The van der Waals surface area contributed by atoms with Crippen molar-refractivity contribution >= 4 is 22.3 Å². The maximum Gasteiger partial charge on any atom is 0.277 e. The van der Waals surface area contributed by atoms with E-state index in [-0.39, 0.29) is 0 Å². The van der Waals surface area contributed by atoms with Gasteiger partial charge in [-0.3, -0.25) is 0 Å². The first-order valence-electron chi connectivity index (χ1n) is 6.62. The highest BCUT2D eigenvalue weighted by Gasteiger charge is 2.13. The summed E-state index contributed by atoms with van der Waals surface area (Å²) >= 11 is 0. The fourth-order valence-electron chi connectivity index (χ4n) is 2.22. The summed E-state index contributed by atoms with van der Waals surface area (Å²) in [5.41, 5.74) is 7.65. The zero-order valence-electron chi connectivity index (χ0n) is 12.2. The molecule has 2 rings (SSSR count). The molecule has 0 spiro atoms. The highest BCUT2D eigenvalue weighted by Crippen LogP contribution is 2.18. The Balaban J connectivity index is 2.88. The molecule has 1 aromatic heterocycles. The molecule has 0 atom stereocenters. The van der Waals surface area contributed by atoms with E-state index in [9.17, 15) is 0 Å². The van der Waals surface area contributed by atoms with Crippen LogP contribution in [0.3, 0.4) is 0 Å². The summed E-state index contributed by atoms with van der Waals surface area (Å²) < 4.78 is 7.26. The van der Waals surface area contributed by atoms with Crippen LogP contribution in [-0.2, 0) is 4.74 Å². The van der Waals surface area contributed by atoms with Crippen molar-refractivity contribution in [2.45, 2.75) is 6.92 Å². The van der Waals surface area contributed by atoms with Crippen LogP contribution in [0.5, 0.6) is 0 Å². The van der Waals surface area contributed by atoms with Crippen molar-refractivity contribution in [3.63, 3.8) is 0 Å². The Morgan fingerprint density at radius 1 is 1.40 bits per heavy atom. The average Bonchev–Trinajstić information content (AvgIpc) is 2.51. The summed E-state index contributed by atoms with van der Waals surface area (Å²) in [5.74, 6) is 0.817. The summed E-state index contributed by atoms with van der Waals surface area (Å²) in [5, 5.41) is 9.75. The quantitative estimate of drug-likeness (QED) is 0.815. The molecule has 0 aliphatic rings. The second-order valence-electron chi connectivity index (χ2n) is 4.45. The van der Waals surface area contributed by atoms with Crippen LogP contribution >= 0.6 is 0 Å². The van der Waals surface area contributed by atoms with E-state index in [4.69, 9.17) is 10.5 Å². The lowest BCUT2D eigenvalue weighted by molar-refractivity contribution is -0.533. The third-order valence-electron chi connectivity index (χ3n) is 3.26. The zero-order valence-corrected chi connectivity index (χ0v) is 12.2. The van der Waals surface area contributed by atoms with Crippen LogP contribution in [0, 0.1) is 0 Å². The zero-order chi connectivity index (χ0) is 14.5. The van der Waals surface area contributed by atoms with Gasteiger partial charge in [-0.2, -0.15) is 0 Å². The number of ether oxygens (including phenoxy) is 1. The number of rotatable bonds is 4. The molecule has 20 heavy (non-hydrogen) atoms. The van der Waals surface area contributed by atoms with Gasteiger partial charge in [-0.05, 0) is 15.5 Å². The summed E-state index contributed by atoms with van der Waals surface area (Å²) in [6, 6.07) is 10.2. The van der Waals surface area contributed by atoms with Crippen molar-refractivity contribution < 1.29 is 9.10 Å². The smallest absolute Gasteiger partial charge is 0.277 e. The molecule has 106 valence electrons. The predicted octanol–water partition coefficient (Wildman–Crippen LogP) is 0.934. The van der Waals surface area contributed by atoms with Crippen molar-refractivity contribution in [1.82, 2.24) is 0 Å². The number of methoxy groups -OCH3 is 1. The molecule has 0 unspecified atom stereocenters. The van der Waals surface area contributed by atoms with E-state index in [2.05, 4.69) is 16.5 Å². The van der Waals surface area contributed by atoms with Crippen molar-refractivity contribution in [2.75, 3.05) is 32.6 Å². The summed E-state index contributed by atoms with van der Waals surface area (Å²) in [4.78, 5) is 0. The van der Waals surface area contributed by atoms with Crippen LogP contribution < -0.4 is 20.8 Å². The number of anilines is 1. The molecule has 0 fully saturated rings. The first-order valence-corrected chi connectivity index (χ1v) is 6.62. The maximum absolute atomic E-state index is 5.58. The van der Waals surface area contributed by atoms with Crippen molar-refractivity contribution in [3.05, 3.63) is 35.7 Å². The molecule has 0 bridgehead atoms. The molecule has 0 saturated heterocycles. The van der Waals surface area contributed by atoms with Gasteiger partial charge in [0.1, 0.15) is 0 Å². The number of hydrogen-bond donors (Lipinski definition) is 2. The Kier molecular flexibility index (Phi) is 4.53. The number of nitrogens with two attached hydrogens (primary N) is 1. The van der Waals surface area contributed by atoms with Gasteiger partial charge >= 0.3 is 0 Å². The van der Waals surface area contributed by atoms with Crippen LogP contribution in [0.4, 0.5) is 5.69 Å². The highest BCUT2D eigenvalue weighted by atomic mass is 16.5.